The quantitative estimate of drug-likeness (QED) is 0.565. The zero-order valence-electron chi connectivity index (χ0n) is 14.8. The Labute approximate surface area is 154 Å². The minimum absolute atomic E-state index is 0.136. The number of guanidine groups is 1. The summed E-state index contributed by atoms with van der Waals surface area (Å²) >= 11 is 0. The predicted molar refractivity (Wildman–Crippen MR) is 96.5 cm³/mol. The molecule has 0 radical (unpaired) electrons. The van der Waals surface area contributed by atoms with E-state index in [1.165, 1.54) is 19.2 Å². The van der Waals surface area contributed by atoms with Gasteiger partial charge in [-0.2, -0.15) is 13.2 Å². The van der Waals surface area contributed by atoms with Crippen molar-refractivity contribution in [1.29, 1.82) is 0 Å². The highest BCUT2D eigenvalue weighted by Crippen LogP contribution is 2.29. The van der Waals surface area contributed by atoms with Crippen molar-refractivity contribution < 1.29 is 27.4 Å². The van der Waals surface area contributed by atoms with Gasteiger partial charge in [-0.3, -0.25) is 0 Å². The maximum absolute atomic E-state index is 12.1. The molecule has 9 heteroatoms. The van der Waals surface area contributed by atoms with Crippen molar-refractivity contribution in [1.82, 2.24) is 0 Å². The van der Waals surface area contributed by atoms with Crippen molar-refractivity contribution in [3.8, 4) is 17.2 Å². The number of benzene rings is 2. The van der Waals surface area contributed by atoms with Crippen molar-refractivity contribution in [2.24, 2.45) is 10.7 Å². The smallest absolute Gasteiger partial charge is 0.422 e. The molecule has 146 valence electrons. The fourth-order valence-corrected chi connectivity index (χ4v) is 2.13. The van der Waals surface area contributed by atoms with Gasteiger partial charge in [-0.15, -0.1) is 0 Å². The molecular weight excluding hydrogens is 363 g/mol. The maximum atomic E-state index is 12.1. The molecule has 0 atom stereocenters. The minimum atomic E-state index is -4.37. The Morgan fingerprint density at radius 2 is 1.70 bits per heavy atom. The number of hydrogen-bond donors (Lipinski definition) is 2. The Morgan fingerprint density at radius 1 is 1.04 bits per heavy atom. The van der Waals surface area contributed by atoms with Gasteiger partial charge in [-0.1, -0.05) is 12.1 Å². The Balaban J connectivity index is 1.93. The van der Waals surface area contributed by atoms with Gasteiger partial charge in [0.1, 0.15) is 5.75 Å². The van der Waals surface area contributed by atoms with Gasteiger partial charge in [0.2, 0.25) is 0 Å². The van der Waals surface area contributed by atoms with Crippen LogP contribution in [0.3, 0.4) is 0 Å². The molecule has 27 heavy (non-hydrogen) atoms. The van der Waals surface area contributed by atoms with Crippen molar-refractivity contribution in [3.63, 3.8) is 0 Å². The molecule has 6 nitrogen and oxygen atoms in total. The number of halogens is 3. The van der Waals surface area contributed by atoms with Gasteiger partial charge in [0.05, 0.1) is 20.8 Å². The highest BCUT2D eigenvalue weighted by molar-refractivity contribution is 5.92. The predicted octanol–water partition coefficient (Wildman–Crippen LogP) is 3.57. The van der Waals surface area contributed by atoms with E-state index in [1.54, 1.807) is 37.4 Å². The van der Waals surface area contributed by atoms with Crippen molar-refractivity contribution in [2.45, 2.75) is 12.7 Å². The Hall–Kier alpha value is -3.10. The molecule has 3 N–H and O–H groups in total. The summed E-state index contributed by atoms with van der Waals surface area (Å²) in [5.74, 6) is 1.45. The van der Waals surface area contributed by atoms with E-state index in [0.29, 0.717) is 17.2 Å². The van der Waals surface area contributed by atoms with Crippen LogP contribution in [0.4, 0.5) is 18.9 Å². The SMILES string of the molecule is COc1ccc(NC(N)=NCc2ccc(OCC(F)(F)F)cc2)cc1OC. The summed E-state index contributed by atoms with van der Waals surface area (Å²) in [6.45, 7) is -1.07. The molecule has 0 amide bonds. The summed E-state index contributed by atoms with van der Waals surface area (Å²) in [5.41, 5.74) is 7.30. The third-order valence-corrected chi connectivity index (χ3v) is 3.41. The first-order chi connectivity index (χ1) is 12.8. The summed E-state index contributed by atoms with van der Waals surface area (Å²) in [7, 11) is 3.07. The van der Waals surface area contributed by atoms with Gasteiger partial charge in [-0.25, -0.2) is 4.99 Å². The molecule has 0 aliphatic heterocycles. The van der Waals surface area contributed by atoms with Gasteiger partial charge >= 0.3 is 6.18 Å². The maximum Gasteiger partial charge on any atom is 0.422 e. The van der Waals surface area contributed by atoms with Crippen LogP contribution in [0.15, 0.2) is 47.5 Å². The average Bonchev–Trinajstić information content (AvgIpc) is 2.64. The summed E-state index contributed by atoms with van der Waals surface area (Å²) in [5, 5.41) is 2.93. The number of ether oxygens (including phenoxy) is 3. The van der Waals surface area contributed by atoms with Crippen LogP contribution in [0.5, 0.6) is 17.2 Å². The molecule has 2 rings (SSSR count). The molecule has 2 aromatic rings. The molecule has 0 fully saturated rings. The fraction of sp³-hybridized carbons (Fsp3) is 0.278. The number of anilines is 1. The van der Waals surface area contributed by atoms with E-state index < -0.39 is 12.8 Å². The van der Waals surface area contributed by atoms with Crippen molar-refractivity contribution in [3.05, 3.63) is 48.0 Å². The first kappa shape index (κ1) is 20.2. The Morgan fingerprint density at radius 3 is 2.30 bits per heavy atom. The first-order valence-electron chi connectivity index (χ1n) is 7.88. The highest BCUT2D eigenvalue weighted by atomic mass is 19.4. The second-order valence-corrected chi connectivity index (χ2v) is 5.44. The molecule has 0 bridgehead atoms. The number of nitrogens with zero attached hydrogens (tertiary/aromatic N) is 1. The van der Waals surface area contributed by atoms with E-state index in [4.69, 9.17) is 15.2 Å². The lowest BCUT2D eigenvalue weighted by Crippen LogP contribution is -2.22. The van der Waals surface area contributed by atoms with Gasteiger partial charge in [-0.05, 0) is 29.8 Å². The number of rotatable bonds is 7. The third-order valence-electron chi connectivity index (χ3n) is 3.41. The van der Waals surface area contributed by atoms with Crippen LogP contribution in [0.1, 0.15) is 5.56 Å². The van der Waals surface area contributed by atoms with Gasteiger partial charge in [0, 0.05) is 11.8 Å². The number of aliphatic imine (C=N–C) groups is 1. The van der Waals surface area contributed by atoms with Crippen LogP contribution in [-0.2, 0) is 6.54 Å². The first-order valence-corrected chi connectivity index (χ1v) is 7.88. The van der Waals surface area contributed by atoms with E-state index in [9.17, 15) is 13.2 Å². The van der Waals surface area contributed by atoms with Gasteiger partial charge in [0.25, 0.3) is 0 Å². The van der Waals surface area contributed by atoms with Crippen molar-refractivity contribution in [2.75, 3.05) is 26.1 Å². The second-order valence-electron chi connectivity index (χ2n) is 5.44. The lowest BCUT2D eigenvalue weighted by molar-refractivity contribution is -0.153. The van der Waals surface area contributed by atoms with E-state index >= 15 is 0 Å². The van der Waals surface area contributed by atoms with E-state index in [1.807, 2.05) is 0 Å². The summed E-state index contributed by atoms with van der Waals surface area (Å²) < 4.78 is 51.4. The standard InChI is InChI=1S/C18H20F3N3O3/c1-25-15-8-5-13(9-16(15)26-2)24-17(22)23-10-12-3-6-14(7-4-12)27-11-18(19,20)21/h3-9H,10-11H2,1-2H3,(H3,22,23,24). The fourth-order valence-electron chi connectivity index (χ4n) is 2.13. The topological polar surface area (TPSA) is 78.1 Å². The molecule has 2 aromatic carbocycles. The van der Waals surface area contributed by atoms with E-state index in [0.717, 1.165) is 5.56 Å². The zero-order chi connectivity index (χ0) is 19.9. The molecule has 0 saturated carbocycles. The number of nitrogens with one attached hydrogen (secondary N) is 1. The van der Waals surface area contributed by atoms with E-state index in [2.05, 4.69) is 15.0 Å². The number of nitrogens with two attached hydrogens (primary N) is 1. The molecule has 0 saturated heterocycles. The van der Waals surface area contributed by atoms with Gasteiger partial charge < -0.3 is 25.3 Å². The molecule has 0 aliphatic carbocycles. The second kappa shape index (κ2) is 9.02. The van der Waals surface area contributed by atoms with Crippen LogP contribution in [-0.4, -0.2) is 33.0 Å². The lowest BCUT2D eigenvalue weighted by Gasteiger charge is -2.11. The minimum Gasteiger partial charge on any atom is -0.493 e. The van der Waals surface area contributed by atoms with Gasteiger partial charge in [0.15, 0.2) is 24.1 Å². The monoisotopic (exact) mass is 383 g/mol. The number of hydrogen-bond acceptors (Lipinski definition) is 4. The van der Waals surface area contributed by atoms with Crippen LogP contribution in [0, 0.1) is 0 Å². The largest absolute Gasteiger partial charge is 0.493 e. The molecule has 0 aliphatic rings. The molecule has 0 aromatic heterocycles. The zero-order valence-corrected chi connectivity index (χ0v) is 14.8. The molecule has 0 spiro atoms. The van der Waals surface area contributed by atoms with Crippen LogP contribution in [0.25, 0.3) is 0 Å². The van der Waals surface area contributed by atoms with Crippen LogP contribution in [0.2, 0.25) is 0 Å². The summed E-state index contributed by atoms with van der Waals surface area (Å²) in [6.07, 6.45) is -4.37. The highest BCUT2D eigenvalue weighted by Gasteiger charge is 2.28. The third kappa shape index (κ3) is 6.61. The summed E-state index contributed by atoms with van der Waals surface area (Å²) in [4.78, 5) is 4.19. The van der Waals surface area contributed by atoms with Crippen LogP contribution >= 0.6 is 0 Å². The molecular formula is C18H20F3N3O3. The summed E-state index contributed by atoms with van der Waals surface area (Å²) in [6, 6.07) is 11.4. The Bertz CT molecular complexity index is 778. The molecule has 0 heterocycles. The van der Waals surface area contributed by atoms with Crippen molar-refractivity contribution >= 4 is 11.6 Å². The van der Waals surface area contributed by atoms with E-state index in [-0.39, 0.29) is 18.3 Å². The number of methoxy groups -OCH3 is 2. The lowest BCUT2D eigenvalue weighted by atomic mass is 10.2. The Kier molecular flexibility index (Phi) is 6.75. The normalized spacial score (nSPS) is 11.8. The molecule has 0 unspecified atom stereocenters. The van der Waals surface area contributed by atoms with Crippen LogP contribution < -0.4 is 25.3 Å². The number of alkyl halides is 3. The average molecular weight is 383 g/mol.